The van der Waals surface area contributed by atoms with Gasteiger partial charge in [-0.2, -0.15) is 0 Å². The number of nitrogens with one attached hydrogen (secondary N) is 1. The summed E-state index contributed by atoms with van der Waals surface area (Å²) in [4.78, 5) is 26.5. The number of Topliss-reactive ketones (excluding diaryl/α,β-unsaturated/α-hetero) is 1. The number of fused-ring (bicyclic) bond motifs is 1. The maximum absolute atomic E-state index is 12.1. The van der Waals surface area contributed by atoms with E-state index in [0.29, 0.717) is 23.0 Å². The Bertz CT molecular complexity index is 557. The Kier molecular flexibility index (Phi) is 4.90. The fourth-order valence-corrected chi connectivity index (χ4v) is 3.97. The van der Waals surface area contributed by atoms with Crippen molar-refractivity contribution < 1.29 is 14.3 Å². The summed E-state index contributed by atoms with van der Waals surface area (Å²) in [6.07, 6.45) is 3.84. The van der Waals surface area contributed by atoms with E-state index in [4.69, 9.17) is 4.74 Å². The summed E-state index contributed by atoms with van der Waals surface area (Å²) < 4.78 is 5.87. The van der Waals surface area contributed by atoms with Gasteiger partial charge < -0.3 is 10.1 Å². The highest BCUT2D eigenvalue weighted by Gasteiger charge is 2.30. The molecule has 0 unspecified atom stereocenters. The molecule has 3 rings (SSSR count). The largest absolute Gasteiger partial charge is 0.373 e. The lowest BCUT2D eigenvalue weighted by Gasteiger charge is -2.42. The van der Waals surface area contributed by atoms with Crippen molar-refractivity contribution in [2.75, 3.05) is 26.2 Å². The minimum Gasteiger partial charge on any atom is -0.373 e. The van der Waals surface area contributed by atoms with Crippen LogP contribution in [0.1, 0.15) is 46.2 Å². The van der Waals surface area contributed by atoms with Crippen LogP contribution < -0.4 is 5.32 Å². The summed E-state index contributed by atoms with van der Waals surface area (Å²) in [5.74, 6) is -0.135. The summed E-state index contributed by atoms with van der Waals surface area (Å²) in [5, 5.41) is 4.65. The van der Waals surface area contributed by atoms with Gasteiger partial charge in [0.05, 0.1) is 17.6 Å². The van der Waals surface area contributed by atoms with E-state index in [1.54, 1.807) is 11.4 Å². The van der Waals surface area contributed by atoms with Gasteiger partial charge in [-0.3, -0.25) is 14.5 Å². The summed E-state index contributed by atoms with van der Waals surface area (Å²) >= 11 is 1.31. The quantitative estimate of drug-likeness (QED) is 0.861. The standard InChI is InChI=1S/C16H22N2O3S/c1-11(19)12-6-15(22-10-12)16(20)17-7-14-8-18-5-3-2-4-13(18)9-21-14/h6,10,13-14H,2-5,7-9H2,1H3,(H,17,20)/t13-,14-/m1/s1. The minimum atomic E-state index is -0.123. The van der Waals surface area contributed by atoms with Crippen LogP contribution in [0.25, 0.3) is 0 Å². The predicted molar refractivity (Wildman–Crippen MR) is 85.6 cm³/mol. The number of piperidine rings is 1. The molecule has 1 aromatic heterocycles. The van der Waals surface area contributed by atoms with Crippen molar-refractivity contribution in [2.45, 2.75) is 38.3 Å². The normalized spacial score (nSPS) is 25.5. The summed E-state index contributed by atoms with van der Waals surface area (Å²) in [6.45, 7) is 4.84. The fraction of sp³-hybridized carbons (Fsp3) is 0.625. The second-order valence-electron chi connectivity index (χ2n) is 6.07. The van der Waals surface area contributed by atoms with Crippen LogP contribution in [0, 0.1) is 0 Å². The van der Waals surface area contributed by atoms with Crippen LogP contribution in [0.5, 0.6) is 0 Å². The molecule has 0 aliphatic carbocycles. The summed E-state index contributed by atoms with van der Waals surface area (Å²) in [6, 6.07) is 2.22. The molecular weight excluding hydrogens is 300 g/mol. The molecular formula is C16H22N2O3S. The smallest absolute Gasteiger partial charge is 0.261 e. The number of carbonyl (C=O) groups excluding carboxylic acids is 2. The third-order valence-corrected chi connectivity index (χ3v) is 5.36. The molecule has 0 saturated carbocycles. The lowest BCUT2D eigenvalue weighted by molar-refractivity contribution is -0.0725. The number of thiophene rings is 1. The number of hydrogen-bond donors (Lipinski definition) is 1. The third kappa shape index (κ3) is 3.56. The Labute approximate surface area is 134 Å². The van der Waals surface area contributed by atoms with Gasteiger partial charge in [0.25, 0.3) is 5.91 Å². The first-order valence-electron chi connectivity index (χ1n) is 7.87. The van der Waals surface area contributed by atoms with Crippen LogP contribution in [0.4, 0.5) is 0 Å². The van der Waals surface area contributed by atoms with Gasteiger partial charge in [0.2, 0.25) is 0 Å². The maximum atomic E-state index is 12.1. The van der Waals surface area contributed by atoms with Crippen LogP contribution in [0.15, 0.2) is 11.4 Å². The first kappa shape index (κ1) is 15.6. The second-order valence-corrected chi connectivity index (χ2v) is 6.98. The van der Waals surface area contributed by atoms with Crippen LogP contribution in [0.3, 0.4) is 0 Å². The molecule has 0 aromatic carbocycles. The molecule has 6 heteroatoms. The molecule has 3 heterocycles. The topological polar surface area (TPSA) is 58.6 Å². The lowest BCUT2D eigenvalue weighted by atomic mass is 10.0. The number of ketones is 1. The van der Waals surface area contributed by atoms with Crippen LogP contribution in [-0.2, 0) is 4.74 Å². The van der Waals surface area contributed by atoms with Gasteiger partial charge >= 0.3 is 0 Å². The van der Waals surface area contributed by atoms with E-state index in [1.165, 1.54) is 37.5 Å². The lowest BCUT2D eigenvalue weighted by Crippen LogP contribution is -2.54. The van der Waals surface area contributed by atoms with Gasteiger partial charge in [0.1, 0.15) is 0 Å². The molecule has 2 fully saturated rings. The van der Waals surface area contributed by atoms with E-state index in [9.17, 15) is 9.59 Å². The van der Waals surface area contributed by atoms with E-state index in [0.717, 1.165) is 19.7 Å². The number of ether oxygens (including phenoxy) is 1. The van der Waals surface area contributed by atoms with Crippen molar-refractivity contribution in [3.8, 4) is 0 Å². The SMILES string of the molecule is CC(=O)c1csc(C(=O)NC[C@@H]2CN3CCCC[C@@H]3CO2)c1. The Balaban J connectivity index is 1.49. The van der Waals surface area contributed by atoms with E-state index >= 15 is 0 Å². The number of rotatable bonds is 4. The van der Waals surface area contributed by atoms with Gasteiger partial charge in [0.15, 0.2) is 5.78 Å². The summed E-state index contributed by atoms with van der Waals surface area (Å²) in [7, 11) is 0. The molecule has 2 atom stereocenters. The molecule has 2 aliphatic rings. The van der Waals surface area contributed by atoms with E-state index in [2.05, 4.69) is 10.2 Å². The van der Waals surface area contributed by atoms with E-state index in [-0.39, 0.29) is 17.8 Å². The van der Waals surface area contributed by atoms with Gasteiger partial charge in [0, 0.05) is 30.1 Å². The number of nitrogens with zero attached hydrogens (tertiary/aromatic N) is 1. The Morgan fingerprint density at radius 1 is 1.45 bits per heavy atom. The van der Waals surface area contributed by atoms with Crippen molar-refractivity contribution in [3.05, 3.63) is 21.9 Å². The molecule has 2 saturated heterocycles. The molecule has 5 nitrogen and oxygen atoms in total. The number of amides is 1. The van der Waals surface area contributed by atoms with Gasteiger partial charge in [-0.25, -0.2) is 0 Å². The molecule has 1 amide bonds. The van der Waals surface area contributed by atoms with Gasteiger partial charge in [-0.15, -0.1) is 11.3 Å². The van der Waals surface area contributed by atoms with Crippen molar-refractivity contribution in [2.24, 2.45) is 0 Å². The maximum Gasteiger partial charge on any atom is 0.261 e. The molecule has 1 aromatic rings. The number of carbonyl (C=O) groups is 2. The first-order valence-corrected chi connectivity index (χ1v) is 8.75. The van der Waals surface area contributed by atoms with Crippen LogP contribution in [0.2, 0.25) is 0 Å². The van der Waals surface area contributed by atoms with Gasteiger partial charge in [-0.05, 0) is 32.4 Å². The minimum absolute atomic E-state index is 0.0120. The third-order valence-electron chi connectivity index (χ3n) is 4.43. The molecule has 120 valence electrons. The zero-order valence-corrected chi connectivity index (χ0v) is 13.7. The number of morpholine rings is 1. The first-order chi connectivity index (χ1) is 10.6. The Hall–Kier alpha value is -1.24. The van der Waals surface area contributed by atoms with Crippen molar-refractivity contribution in [1.82, 2.24) is 10.2 Å². The van der Waals surface area contributed by atoms with E-state index < -0.39 is 0 Å². The molecule has 22 heavy (non-hydrogen) atoms. The van der Waals surface area contributed by atoms with Crippen LogP contribution in [-0.4, -0.2) is 55.0 Å². The Morgan fingerprint density at radius 2 is 2.32 bits per heavy atom. The summed E-state index contributed by atoms with van der Waals surface area (Å²) in [5.41, 5.74) is 0.597. The average Bonchev–Trinajstić information content (AvgIpc) is 3.03. The molecule has 1 N–H and O–H groups in total. The highest BCUT2D eigenvalue weighted by atomic mass is 32.1. The van der Waals surface area contributed by atoms with Crippen molar-refractivity contribution in [3.63, 3.8) is 0 Å². The van der Waals surface area contributed by atoms with Crippen LogP contribution >= 0.6 is 11.3 Å². The molecule has 2 aliphatic heterocycles. The molecule has 0 radical (unpaired) electrons. The van der Waals surface area contributed by atoms with Crippen molar-refractivity contribution >= 4 is 23.0 Å². The van der Waals surface area contributed by atoms with Crippen molar-refractivity contribution in [1.29, 1.82) is 0 Å². The molecule has 0 bridgehead atoms. The van der Waals surface area contributed by atoms with E-state index in [1.807, 2.05) is 0 Å². The second kappa shape index (κ2) is 6.89. The number of hydrogen-bond acceptors (Lipinski definition) is 5. The Morgan fingerprint density at radius 3 is 3.09 bits per heavy atom. The average molecular weight is 322 g/mol. The predicted octanol–water partition coefficient (Wildman–Crippen LogP) is 1.93. The highest BCUT2D eigenvalue weighted by Crippen LogP contribution is 2.22. The molecule has 0 spiro atoms. The zero-order chi connectivity index (χ0) is 15.5. The fourth-order valence-electron chi connectivity index (χ4n) is 3.11. The van der Waals surface area contributed by atoms with Gasteiger partial charge in [-0.1, -0.05) is 6.42 Å². The highest BCUT2D eigenvalue weighted by molar-refractivity contribution is 7.12. The zero-order valence-electron chi connectivity index (χ0n) is 12.8. The monoisotopic (exact) mass is 322 g/mol.